The number of aryl methyl sites for hydroxylation is 1. The van der Waals surface area contributed by atoms with Crippen LogP contribution in [0.4, 0.5) is 5.13 Å². The third-order valence-electron chi connectivity index (χ3n) is 4.90. The number of rotatable bonds is 5. The standard InChI is InChI=1S/C21H18ClN3O3S/c1-13-15(22)7-8-16-20(13)23-21(29-16)25(11-14-5-3-2-4-6-14)19(28)12-24-17(26)9-10-18(24)27/h2-8H,9-12H2,1H3. The van der Waals surface area contributed by atoms with Crippen LogP contribution in [0.1, 0.15) is 24.0 Å². The monoisotopic (exact) mass is 427 g/mol. The van der Waals surface area contributed by atoms with Gasteiger partial charge in [-0.25, -0.2) is 4.98 Å². The lowest BCUT2D eigenvalue weighted by atomic mass is 10.2. The van der Waals surface area contributed by atoms with E-state index < -0.39 is 0 Å². The number of hydrogen-bond donors (Lipinski definition) is 0. The van der Waals surface area contributed by atoms with E-state index in [2.05, 4.69) is 4.98 Å². The molecule has 0 bridgehead atoms. The summed E-state index contributed by atoms with van der Waals surface area (Å²) >= 11 is 7.60. The largest absolute Gasteiger partial charge is 0.282 e. The van der Waals surface area contributed by atoms with Crippen LogP contribution in [0.5, 0.6) is 0 Å². The summed E-state index contributed by atoms with van der Waals surface area (Å²) < 4.78 is 0.918. The number of benzene rings is 2. The number of amides is 3. The van der Waals surface area contributed by atoms with Gasteiger partial charge in [0.2, 0.25) is 17.7 Å². The predicted molar refractivity (Wildman–Crippen MR) is 113 cm³/mol. The van der Waals surface area contributed by atoms with E-state index in [1.165, 1.54) is 16.2 Å². The molecule has 2 aromatic carbocycles. The minimum Gasteiger partial charge on any atom is -0.282 e. The van der Waals surface area contributed by atoms with E-state index in [1.54, 1.807) is 0 Å². The minimum atomic E-state index is -0.347. The number of fused-ring (bicyclic) bond motifs is 1. The summed E-state index contributed by atoms with van der Waals surface area (Å²) in [4.78, 5) is 44.3. The first-order valence-corrected chi connectivity index (χ1v) is 10.4. The van der Waals surface area contributed by atoms with Crippen LogP contribution >= 0.6 is 22.9 Å². The van der Waals surface area contributed by atoms with Crippen molar-refractivity contribution in [1.82, 2.24) is 9.88 Å². The van der Waals surface area contributed by atoms with E-state index in [-0.39, 0.29) is 37.1 Å². The van der Waals surface area contributed by atoms with Crippen molar-refractivity contribution in [3.05, 3.63) is 58.6 Å². The Balaban J connectivity index is 1.70. The Morgan fingerprint density at radius 2 is 1.83 bits per heavy atom. The van der Waals surface area contributed by atoms with E-state index in [9.17, 15) is 14.4 Å². The maximum Gasteiger partial charge on any atom is 0.249 e. The number of nitrogens with zero attached hydrogens (tertiary/aromatic N) is 3. The number of imide groups is 1. The van der Waals surface area contributed by atoms with E-state index in [1.807, 2.05) is 49.4 Å². The van der Waals surface area contributed by atoms with E-state index in [0.29, 0.717) is 16.7 Å². The highest BCUT2D eigenvalue weighted by molar-refractivity contribution is 7.22. The fourth-order valence-corrected chi connectivity index (χ4v) is 4.45. The van der Waals surface area contributed by atoms with Gasteiger partial charge in [0, 0.05) is 17.9 Å². The smallest absolute Gasteiger partial charge is 0.249 e. The molecule has 3 amide bonds. The van der Waals surface area contributed by atoms with Gasteiger partial charge in [-0.2, -0.15) is 0 Å². The van der Waals surface area contributed by atoms with Crippen LogP contribution in [0.3, 0.4) is 0 Å². The molecule has 3 aromatic rings. The van der Waals surface area contributed by atoms with Gasteiger partial charge >= 0.3 is 0 Å². The van der Waals surface area contributed by atoms with Crippen molar-refractivity contribution in [1.29, 1.82) is 0 Å². The molecular weight excluding hydrogens is 410 g/mol. The Morgan fingerprint density at radius 1 is 1.14 bits per heavy atom. The number of anilines is 1. The molecule has 0 aliphatic carbocycles. The zero-order valence-electron chi connectivity index (χ0n) is 15.7. The van der Waals surface area contributed by atoms with Crippen molar-refractivity contribution in [2.45, 2.75) is 26.3 Å². The first-order valence-electron chi connectivity index (χ1n) is 9.17. The number of hydrogen-bond acceptors (Lipinski definition) is 5. The Labute approximate surface area is 176 Å². The van der Waals surface area contributed by atoms with Gasteiger partial charge in [-0.05, 0) is 30.2 Å². The highest BCUT2D eigenvalue weighted by Gasteiger charge is 2.33. The molecule has 8 heteroatoms. The zero-order chi connectivity index (χ0) is 20.5. The number of carbonyl (C=O) groups excluding carboxylic acids is 3. The lowest BCUT2D eigenvalue weighted by Crippen LogP contribution is -2.42. The molecule has 0 N–H and O–H groups in total. The maximum atomic E-state index is 13.1. The van der Waals surface area contributed by atoms with E-state index in [0.717, 1.165) is 26.2 Å². The van der Waals surface area contributed by atoms with Crippen LogP contribution in [0, 0.1) is 6.92 Å². The summed E-state index contributed by atoms with van der Waals surface area (Å²) in [5.41, 5.74) is 2.52. The van der Waals surface area contributed by atoms with E-state index >= 15 is 0 Å². The normalized spacial score (nSPS) is 14.1. The second kappa shape index (κ2) is 7.93. The van der Waals surface area contributed by atoms with Crippen molar-refractivity contribution in [3.63, 3.8) is 0 Å². The molecule has 29 heavy (non-hydrogen) atoms. The Hall–Kier alpha value is -2.77. The van der Waals surface area contributed by atoms with Crippen LogP contribution in [0.25, 0.3) is 10.2 Å². The number of carbonyl (C=O) groups is 3. The van der Waals surface area contributed by atoms with Crippen molar-refractivity contribution in [3.8, 4) is 0 Å². The molecule has 1 aromatic heterocycles. The molecular formula is C21H18ClN3O3S. The lowest BCUT2D eigenvalue weighted by Gasteiger charge is -2.22. The quantitative estimate of drug-likeness (QED) is 0.578. The molecule has 4 rings (SSSR count). The molecule has 0 unspecified atom stereocenters. The molecule has 0 radical (unpaired) electrons. The van der Waals surface area contributed by atoms with Gasteiger partial charge in [0.05, 0.1) is 16.8 Å². The summed E-state index contributed by atoms with van der Waals surface area (Å²) in [5, 5.41) is 1.13. The van der Waals surface area contributed by atoms with Crippen LogP contribution in [-0.4, -0.2) is 34.2 Å². The summed E-state index contributed by atoms with van der Waals surface area (Å²) in [5.74, 6) is -0.967. The highest BCUT2D eigenvalue weighted by atomic mass is 35.5. The van der Waals surface area contributed by atoms with Gasteiger partial charge in [0.15, 0.2) is 5.13 Å². The molecule has 0 saturated carbocycles. The second-order valence-electron chi connectivity index (χ2n) is 6.85. The predicted octanol–water partition coefficient (Wildman–Crippen LogP) is 3.94. The van der Waals surface area contributed by atoms with Crippen molar-refractivity contribution >= 4 is 56.0 Å². The minimum absolute atomic E-state index is 0.156. The molecule has 148 valence electrons. The average molecular weight is 428 g/mol. The lowest BCUT2D eigenvalue weighted by molar-refractivity contribution is -0.141. The van der Waals surface area contributed by atoms with Gasteiger partial charge in [-0.3, -0.25) is 24.2 Å². The van der Waals surface area contributed by atoms with Crippen LogP contribution in [0.15, 0.2) is 42.5 Å². The zero-order valence-corrected chi connectivity index (χ0v) is 17.3. The number of thiazole rings is 1. The Kier molecular flexibility index (Phi) is 5.34. The summed E-state index contributed by atoms with van der Waals surface area (Å²) in [6.07, 6.45) is 0.313. The fourth-order valence-electron chi connectivity index (χ4n) is 3.25. The van der Waals surface area contributed by atoms with E-state index in [4.69, 9.17) is 11.6 Å². The first kappa shape index (κ1) is 19.5. The first-order chi connectivity index (χ1) is 13.9. The molecule has 0 spiro atoms. The Bertz CT molecular complexity index is 1100. The third-order valence-corrected chi connectivity index (χ3v) is 6.35. The van der Waals surface area contributed by atoms with Crippen LogP contribution in [-0.2, 0) is 20.9 Å². The summed E-state index contributed by atoms with van der Waals surface area (Å²) in [6, 6.07) is 13.2. The molecule has 1 fully saturated rings. The third kappa shape index (κ3) is 3.88. The fraction of sp³-hybridized carbons (Fsp3) is 0.238. The van der Waals surface area contributed by atoms with Gasteiger partial charge in [0.1, 0.15) is 6.54 Å². The van der Waals surface area contributed by atoms with Gasteiger partial charge in [0.25, 0.3) is 0 Å². The van der Waals surface area contributed by atoms with Gasteiger partial charge < -0.3 is 0 Å². The number of aromatic nitrogens is 1. The van der Waals surface area contributed by atoms with Crippen LogP contribution < -0.4 is 4.90 Å². The van der Waals surface area contributed by atoms with Gasteiger partial charge in [-0.15, -0.1) is 0 Å². The SMILES string of the molecule is Cc1c(Cl)ccc2sc(N(Cc3ccccc3)C(=O)CN3C(=O)CCC3=O)nc12. The number of likely N-dealkylation sites (tertiary alicyclic amines) is 1. The second-order valence-corrected chi connectivity index (χ2v) is 8.27. The topological polar surface area (TPSA) is 70.6 Å². The van der Waals surface area contributed by atoms with Gasteiger partial charge in [-0.1, -0.05) is 53.3 Å². The molecule has 1 aliphatic heterocycles. The molecule has 0 atom stereocenters. The van der Waals surface area contributed by atoms with Crippen molar-refractivity contribution < 1.29 is 14.4 Å². The average Bonchev–Trinajstić information content (AvgIpc) is 3.29. The van der Waals surface area contributed by atoms with Crippen molar-refractivity contribution in [2.24, 2.45) is 0 Å². The van der Waals surface area contributed by atoms with Crippen LogP contribution in [0.2, 0.25) is 5.02 Å². The molecule has 6 nitrogen and oxygen atoms in total. The molecule has 2 heterocycles. The maximum absolute atomic E-state index is 13.1. The summed E-state index contributed by atoms with van der Waals surface area (Å²) in [6.45, 7) is 1.90. The highest BCUT2D eigenvalue weighted by Crippen LogP contribution is 2.34. The number of halogens is 1. The Morgan fingerprint density at radius 3 is 2.52 bits per heavy atom. The molecule has 1 saturated heterocycles. The summed E-state index contributed by atoms with van der Waals surface area (Å²) in [7, 11) is 0. The van der Waals surface area contributed by atoms with Crippen molar-refractivity contribution in [2.75, 3.05) is 11.4 Å². The molecule has 1 aliphatic rings.